The van der Waals surface area contributed by atoms with Crippen LogP contribution >= 0.6 is 11.6 Å². The fourth-order valence-corrected chi connectivity index (χ4v) is 2.90. The van der Waals surface area contributed by atoms with Gasteiger partial charge in [0.15, 0.2) is 0 Å². The molecular formula is C17H20ClNO2. The zero-order valence-corrected chi connectivity index (χ0v) is 12.9. The van der Waals surface area contributed by atoms with Gasteiger partial charge in [0, 0.05) is 18.2 Å². The van der Waals surface area contributed by atoms with Gasteiger partial charge in [-0.15, -0.1) is 0 Å². The highest BCUT2D eigenvalue weighted by Crippen LogP contribution is 2.29. The molecule has 1 fully saturated rings. The Morgan fingerprint density at radius 3 is 2.90 bits per heavy atom. The van der Waals surface area contributed by atoms with E-state index >= 15 is 0 Å². The molecular weight excluding hydrogens is 286 g/mol. The summed E-state index contributed by atoms with van der Waals surface area (Å²) in [7, 11) is 0. The maximum atomic E-state index is 6.19. The summed E-state index contributed by atoms with van der Waals surface area (Å²) < 4.78 is 11.6. The molecule has 1 aromatic heterocycles. The topological polar surface area (TPSA) is 34.4 Å². The molecule has 1 saturated heterocycles. The third-order valence-corrected chi connectivity index (χ3v) is 4.25. The van der Waals surface area contributed by atoms with Gasteiger partial charge in [-0.3, -0.25) is 0 Å². The summed E-state index contributed by atoms with van der Waals surface area (Å²) in [5.41, 5.74) is 0.928. The molecule has 3 nitrogen and oxygen atoms in total. The Hall–Kier alpha value is -1.29. The van der Waals surface area contributed by atoms with Gasteiger partial charge in [-0.05, 0) is 44.0 Å². The van der Waals surface area contributed by atoms with Crippen LogP contribution in [-0.2, 0) is 11.3 Å². The number of nitrogens with one attached hydrogen (secondary N) is 1. The van der Waals surface area contributed by atoms with E-state index in [-0.39, 0.29) is 0 Å². The molecule has 0 saturated carbocycles. The van der Waals surface area contributed by atoms with Crippen molar-refractivity contribution in [3.8, 4) is 11.3 Å². The van der Waals surface area contributed by atoms with Gasteiger partial charge in [-0.25, -0.2) is 0 Å². The Kier molecular flexibility index (Phi) is 4.63. The van der Waals surface area contributed by atoms with Crippen LogP contribution in [0, 0.1) is 0 Å². The summed E-state index contributed by atoms with van der Waals surface area (Å²) in [6.07, 6.45) is 2.62. The number of furan rings is 1. The van der Waals surface area contributed by atoms with Crippen LogP contribution < -0.4 is 5.32 Å². The molecule has 0 bridgehead atoms. The molecule has 3 rings (SSSR count). The summed E-state index contributed by atoms with van der Waals surface area (Å²) in [5.74, 6) is 1.72. The van der Waals surface area contributed by atoms with E-state index in [2.05, 4.69) is 12.2 Å². The van der Waals surface area contributed by atoms with Crippen molar-refractivity contribution < 1.29 is 9.15 Å². The predicted molar refractivity (Wildman–Crippen MR) is 84.4 cm³/mol. The van der Waals surface area contributed by atoms with Crippen molar-refractivity contribution in [1.82, 2.24) is 5.32 Å². The highest BCUT2D eigenvalue weighted by atomic mass is 35.5. The molecule has 1 N–H and O–H groups in total. The van der Waals surface area contributed by atoms with Gasteiger partial charge in [0.1, 0.15) is 11.5 Å². The van der Waals surface area contributed by atoms with E-state index < -0.39 is 0 Å². The molecule has 2 atom stereocenters. The molecule has 0 radical (unpaired) electrons. The lowest BCUT2D eigenvalue weighted by Gasteiger charge is -2.19. The van der Waals surface area contributed by atoms with Gasteiger partial charge >= 0.3 is 0 Å². The van der Waals surface area contributed by atoms with E-state index in [1.54, 1.807) is 0 Å². The van der Waals surface area contributed by atoms with E-state index in [1.165, 1.54) is 0 Å². The molecule has 2 heterocycles. The Labute approximate surface area is 130 Å². The average molecular weight is 306 g/mol. The van der Waals surface area contributed by atoms with Crippen LogP contribution in [0.3, 0.4) is 0 Å². The van der Waals surface area contributed by atoms with Crippen LogP contribution in [-0.4, -0.2) is 18.8 Å². The Morgan fingerprint density at radius 1 is 1.29 bits per heavy atom. The summed E-state index contributed by atoms with van der Waals surface area (Å²) >= 11 is 6.19. The van der Waals surface area contributed by atoms with Gasteiger partial charge < -0.3 is 14.5 Å². The van der Waals surface area contributed by atoms with Crippen LogP contribution in [0.25, 0.3) is 11.3 Å². The molecule has 0 aliphatic carbocycles. The van der Waals surface area contributed by atoms with E-state index in [4.69, 9.17) is 20.8 Å². The second kappa shape index (κ2) is 6.65. The number of benzene rings is 1. The summed E-state index contributed by atoms with van der Waals surface area (Å²) in [5, 5.41) is 4.18. The summed E-state index contributed by atoms with van der Waals surface area (Å²) in [6, 6.07) is 12.0. The first-order chi connectivity index (χ1) is 10.2. The third kappa shape index (κ3) is 3.49. The molecule has 1 aliphatic rings. The van der Waals surface area contributed by atoms with Gasteiger partial charge in [0.05, 0.1) is 17.7 Å². The molecule has 112 valence electrons. The van der Waals surface area contributed by atoms with E-state index in [1.807, 2.05) is 36.4 Å². The largest absolute Gasteiger partial charge is 0.460 e. The fraction of sp³-hybridized carbons (Fsp3) is 0.412. The van der Waals surface area contributed by atoms with Gasteiger partial charge in [-0.1, -0.05) is 23.7 Å². The number of ether oxygens (including phenoxy) is 1. The predicted octanol–water partition coefficient (Wildman–Crippen LogP) is 4.26. The minimum absolute atomic E-state index is 0.322. The normalized spacial score (nSPS) is 19.8. The second-order valence-corrected chi connectivity index (χ2v) is 5.87. The smallest absolute Gasteiger partial charge is 0.135 e. The van der Waals surface area contributed by atoms with Crippen LogP contribution in [0.15, 0.2) is 40.8 Å². The average Bonchev–Trinajstić information content (AvgIpc) is 3.17. The molecule has 1 aliphatic heterocycles. The van der Waals surface area contributed by atoms with Crippen molar-refractivity contribution >= 4 is 11.6 Å². The van der Waals surface area contributed by atoms with Crippen molar-refractivity contribution in [3.05, 3.63) is 47.2 Å². The molecule has 2 unspecified atom stereocenters. The molecule has 0 spiro atoms. The quantitative estimate of drug-likeness (QED) is 0.896. The van der Waals surface area contributed by atoms with Crippen LogP contribution in [0.4, 0.5) is 0 Å². The molecule has 4 heteroatoms. The van der Waals surface area contributed by atoms with Crippen LogP contribution in [0.2, 0.25) is 5.02 Å². The highest BCUT2D eigenvalue weighted by molar-refractivity contribution is 6.33. The van der Waals surface area contributed by atoms with Crippen molar-refractivity contribution in [1.29, 1.82) is 0 Å². The number of rotatable bonds is 5. The monoisotopic (exact) mass is 305 g/mol. The Balaban J connectivity index is 1.61. The van der Waals surface area contributed by atoms with Gasteiger partial charge in [0.25, 0.3) is 0 Å². The maximum Gasteiger partial charge on any atom is 0.135 e. The number of hydrogen-bond donors (Lipinski definition) is 1. The molecule has 0 amide bonds. The standard InChI is InChI=1S/C17H20ClNO2/c1-12(16-7-4-10-20-16)19-11-13-8-9-17(21-13)14-5-2-3-6-15(14)18/h2-3,5-6,8-9,12,16,19H,4,7,10-11H2,1H3. The lowest BCUT2D eigenvalue weighted by molar-refractivity contribution is 0.0826. The first kappa shape index (κ1) is 14.6. The minimum Gasteiger partial charge on any atom is -0.460 e. The van der Waals surface area contributed by atoms with Crippen molar-refractivity contribution in [3.63, 3.8) is 0 Å². The lowest BCUT2D eigenvalue weighted by Crippen LogP contribution is -2.36. The molecule has 21 heavy (non-hydrogen) atoms. The SMILES string of the molecule is CC(NCc1ccc(-c2ccccc2Cl)o1)C1CCCO1. The first-order valence-corrected chi connectivity index (χ1v) is 7.80. The van der Waals surface area contributed by atoms with Crippen molar-refractivity contribution in [2.24, 2.45) is 0 Å². The fourth-order valence-electron chi connectivity index (χ4n) is 2.67. The number of hydrogen-bond acceptors (Lipinski definition) is 3. The van der Waals surface area contributed by atoms with Crippen LogP contribution in [0.5, 0.6) is 0 Å². The minimum atomic E-state index is 0.322. The molecule has 2 aromatic rings. The summed E-state index contributed by atoms with van der Waals surface area (Å²) in [6.45, 7) is 3.74. The summed E-state index contributed by atoms with van der Waals surface area (Å²) in [4.78, 5) is 0. The lowest BCUT2D eigenvalue weighted by atomic mass is 10.1. The maximum absolute atomic E-state index is 6.19. The highest BCUT2D eigenvalue weighted by Gasteiger charge is 2.22. The zero-order chi connectivity index (χ0) is 14.7. The number of halogens is 1. The van der Waals surface area contributed by atoms with Gasteiger partial charge in [-0.2, -0.15) is 0 Å². The first-order valence-electron chi connectivity index (χ1n) is 7.42. The Bertz CT molecular complexity index is 590. The second-order valence-electron chi connectivity index (χ2n) is 5.47. The molecule has 1 aromatic carbocycles. The van der Waals surface area contributed by atoms with E-state index in [0.717, 1.165) is 36.5 Å². The van der Waals surface area contributed by atoms with Crippen molar-refractivity contribution in [2.45, 2.75) is 38.5 Å². The van der Waals surface area contributed by atoms with E-state index in [0.29, 0.717) is 23.7 Å². The third-order valence-electron chi connectivity index (χ3n) is 3.92. The zero-order valence-electron chi connectivity index (χ0n) is 12.1. The van der Waals surface area contributed by atoms with Gasteiger partial charge in [0.2, 0.25) is 0 Å². The Morgan fingerprint density at radius 2 is 2.14 bits per heavy atom. The van der Waals surface area contributed by atoms with Crippen LogP contribution in [0.1, 0.15) is 25.5 Å². The van der Waals surface area contributed by atoms with Crippen molar-refractivity contribution in [2.75, 3.05) is 6.61 Å². The van der Waals surface area contributed by atoms with E-state index in [9.17, 15) is 0 Å².